The van der Waals surface area contributed by atoms with Gasteiger partial charge in [0.2, 0.25) is 0 Å². The average molecular weight is 366 g/mol. The SMILES string of the molecule is CCN(CC)CC1C[C@]2(CC)CCCN3CCc4c(n1c1ccccc41)[C@@H]32. The van der Waals surface area contributed by atoms with E-state index >= 15 is 0 Å². The number of piperidine rings is 1. The highest BCUT2D eigenvalue weighted by molar-refractivity contribution is 5.86. The monoisotopic (exact) mass is 365 g/mol. The van der Waals surface area contributed by atoms with Gasteiger partial charge >= 0.3 is 0 Å². The lowest BCUT2D eigenvalue weighted by atomic mass is 9.63. The zero-order chi connectivity index (χ0) is 18.6. The van der Waals surface area contributed by atoms with Crippen molar-refractivity contribution in [2.24, 2.45) is 5.41 Å². The fraction of sp³-hybridized carbons (Fsp3) is 0.667. The Balaban J connectivity index is 1.73. The second-order valence-electron chi connectivity index (χ2n) is 9.10. The summed E-state index contributed by atoms with van der Waals surface area (Å²) in [6.45, 7) is 13.2. The molecular weight excluding hydrogens is 330 g/mol. The summed E-state index contributed by atoms with van der Waals surface area (Å²) in [6, 6.07) is 10.5. The topological polar surface area (TPSA) is 11.4 Å². The second kappa shape index (κ2) is 6.63. The molecular formula is C24H35N3. The van der Waals surface area contributed by atoms with Crippen LogP contribution in [-0.2, 0) is 6.42 Å². The quantitative estimate of drug-likeness (QED) is 0.737. The Morgan fingerprint density at radius 2 is 1.93 bits per heavy atom. The van der Waals surface area contributed by atoms with Gasteiger partial charge in [0, 0.05) is 35.7 Å². The fourth-order valence-corrected chi connectivity index (χ4v) is 6.77. The number of aromatic nitrogens is 1. The van der Waals surface area contributed by atoms with Crippen molar-refractivity contribution in [1.29, 1.82) is 0 Å². The van der Waals surface area contributed by atoms with Gasteiger partial charge in [-0.1, -0.05) is 39.0 Å². The molecule has 0 bridgehead atoms. The molecule has 27 heavy (non-hydrogen) atoms. The van der Waals surface area contributed by atoms with Gasteiger partial charge < -0.3 is 9.47 Å². The first-order valence-corrected chi connectivity index (χ1v) is 11.3. The van der Waals surface area contributed by atoms with Gasteiger partial charge in [-0.15, -0.1) is 0 Å². The molecule has 0 aliphatic carbocycles. The van der Waals surface area contributed by atoms with E-state index < -0.39 is 0 Å². The van der Waals surface area contributed by atoms with E-state index in [1.165, 1.54) is 62.6 Å². The smallest absolute Gasteiger partial charge is 0.0561 e. The van der Waals surface area contributed by atoms with Crippen LogP contribution < -0.4 is 0 Å². The Morgan fingerprint density at radius 1 is 1.11 bits per heavy atom. The molecule has 3 nitrogen and oxygen atoms in total. The lowest BCUT2D eigenvalue weighted by Crippen LogP contribution is -2.54. The summed E-state index contributed by atoms with van der Waals surface area (Å²) in [5.74, 6) is 0. The van der Waals surface area contributed by atoms with Crippen molar-refractivity contribution in [1.82, 2.24) is 14.4 Å². The third kappa shape index (κ3) is 2.47. The van der Waals surface area contributed by atoms with E-state index in [0.29, 0.717) is 17.5 Å². The van der Waals surface area contributed by atoms with Crippen LogP contribution in [0.4, 0.5) is 0 Å². The van der Waals surface area contributed by atoms with Crippen molar-refractivity contribution in [3.05, 3.63) is 35.5 Å². The first kappa shape index (κ1) is 17.8. The van der Waals surface area contributed by atoms with Crippen LogP contribution >= 0.6 is 0 Å². The molecule has 3 aliphatic rings. The van der Waals surface area contributed by atoms with Gasteiger partial charge in [0.25, 0.3) is 0 Å². The van der Waals surface area contributed by atoms with E-state index in [-0.39, 0.29) is 0 Å². The summed E-state index contributed by atoms with van der Waals surface area (Å²) >= 11 is 0. The molecule has 0 spiro atoms. The van der Waals surface area contributed by atoms with Gasteiger partial charge in [-0.25, -0.2) is 0 Å². The Bertz CT molecular complexity index is 834. The van der Waals surface area contributed by atoms with Gasteiger partial charge in [0.05, 0.1) is 6.04 Å². The van der Waals surface area contributed by atoms with Crippen LogP contribution in [0.3, 0.4) is 0 Å². The Morgan fingerprint density at radius 3 is 2.70 bits per heavy atom. The summed E-state index contributed by atoms with van der Waals surface area (Å²) in [5, 5.41) is 1.54. The van der Waals surface area contributed by atoms with Gasteiger partial charge in [-0.3, -0.25) is 4.90 Å². The molecule has 1 saturated heterocycles. The summed E-state index contributed by atoms with van der Waals surface area (Å²) < 4.78 is 2.80. The molecule has 0 saturated carbocycles. The minimum Gasteiger partial charge on any atom is -0.338 e. The number of para-hydroxylation sites is 1. The van der Waals surface area contributed by atoms with E-state index in [1.807, 2.05) is 0 Å². The van der Waals surface area contributed by atoms with Crippen molar-refractivity contribution >= 4 is 10.9 Å². The molecule has 0 N–H and O–H groups in total. The van der Waals surface area contributed by atoms with E-state index in [0.717, 1.165) is 13.1 Å². The maximum absolute atomic E-state index is 2.85. The number of likely N-dealkylation sites (N-methyl/N-ethyl adjacent to an activating group) is 1. The number of nitrogens with zero attached hydrogens (tertiary/aromatic N) is 3. The predicted molar refractivity (Wildman–Crippen MR) is 113 cm³/mol. The molecule has 2 aromatic rings. The molecule has 146 valence electrons. The van der Waals surface area contributed by atoms with Gasteiger partial charge in [-0.2, -0.15) is 0 Å². The standard InChI is InChI=1S/C24H35N3/c1-4-24-13-9-14-26-15-12-20-19-10-7-8-11-21(19)27(22(20)23(24)26)18(16-24)17-25(5-2)6-3/h7-8,10-11,18,23H,4-6,9,12-17H2,1-3H3/t18?,23-,24+/m1/s1. The molecule has 1 unspecified atom stereocenters. The predicted octanol–water partition coefficient (Wildman–Crippen LogP) is 5.02. The summed E-state index contributed by atoms with van der Waals surface area (Å²) in [6.07, 6.45) is 6.71. The lowest BCUT2D eigenvalue weighted by Gasteiger charge is -2.57. The van der Waals surface area contributed by atoms with Crippen LogP contribution in [0.2, 0.25) is 0 Å². The van der Waals surface area contributed by atoms with Crippen LogP contribution in [0.25, 0.3) is 10.9 Å². The normalized spacial score (nSPS) is 30.1. The molecule has 0 radical (unpaired) electrons. The van der Waals surface area contributed by atoms with Crippen molar-refractivity contribution in [3.8, 4) is 0 Å². The largest absolute Gasteiger partial charge is 0.338 e. The van der Waals surface area contributed by atoms with E-state index in [2.05, 4.69) is 59.4 Å². The van der Waals surface area contributed by atoms with Crippen LogP contribution in [-0.4, -0.2) is 47.1 Å². The molecule has 1 aromatic heterocycles. The highest BCUT2D eigenvalue weighted by atomic mass is 15.3. The molecule has 3 aliphatic heterocycles. The number of hydrogen-bond acceptors (Lipinski definition) is 2. The van der Waals surface area contributed by atoms with E-state index in [4.69, 9.17) is 0 Å². The molecule has 1 aromatic carbocycles. The van der Waals surface area contributed by atoms with Crippen molar-refractivity contribution in [2.75, 3.05) is 32.7 Å². The minimum absolute atomic E-state index is 0.482. The summed E-state index contributed by atoms with van der Waals surface area (Å²) in [5.41, 5.74) is 5.36. The van der Waals surface area contributed by atoms with Crippen molar-refractivity contribution in [2.45, 2.75) is 65.0 Å². The molecule has 1 fully saturated rings. The van der Waals surface area contributed by atoms with Gasteiger partial charge in [0.15, 0.2) is 0 Å². The highest BCUT2D eigenvalue weighted by Crippen LogP contribution is 2.59. The van der Waals surface area contributed by atoms with Gasteiger partial charge in [-0.05, 0) is 68.8 Å². The zero-order valence-electron chi connectivity index (χ0n) is 17.4. The van der Waals surface area contributed by atoms with Crippen LogP contribution in [0.1, 0.15) is 69.8 Å². The lowest BCUT2D eigenvalue weighted by molar-refractivity contribution is -0.0392. The fourth-order valence-electron chi connectivity index (χ4n) is 6.77. The van der Waals surface area contributed by atoms with Crippen LogP contribution in [0.15, 0.2) is 24.3 Å². The van der Waals surface area contributed by atoms with E-state index in [9.17, 15) is 0 Å². The third-order valence-electron chi connectivity index (χ3n) is 8.11. The number of fused-ring (bicyclic) bond motifs is 3. The van der Waals surface area contributed by atoms with Crippen LogP contribution in [0, 0.1) is 5.41 Å². The number of benzene rings is 1. The molecule has 0 amide bonds. The molecule has 3 atom stereocenters. The highest BCUT2D eigenvalue weighted by Gasteiger charge is 2.52. The average Bonchev–Trinajstić information content (AvgIpc) is 3.06. The minimum atomic E-state index is 0.482. The molecule has 3 heteroatoms. The number of rotatable bonds is 5. The maximum Gasteiger partial charge on any atom is 0.0561 e. The third-order valence-corrected chi connectivity index (χ3v) is 8.11. The van der Waals surface area contributed by atoms with E-state index in [1.54, 1.807) is 11.3 Å². The second-order valence-corrected chi connectivity index (χ2v) is 9.10. The Hall–Kier alpha value is -1.32. The molecule has 4 heterocycles. The molecule has 5 rings (SSSR count). The Labute approximate surface area is 164 Å². The maximum atomic E-state index is 2.85. The first-order valence-electron chi connectivity index (χ1n) is 11.3. The van der Waals surface area contributed by atoms with Gasteiger partial charge in [0.1, 0.15) is 0 Å². The zero-order valence-corrected chi connectivity index (χ0v) is 17.4. The Kier molecular flexibility index (Phi) is 4.36. The summed E-state index contributed by atoms with van der Waals surface area (Å²) in [7, 11) is 0. The van der Waals surface area contributed by atoms with Crippen LogP contribution in [0.5, 0.6) is 0 Å². The summed E-state index contributed by atoms with van der Waals surface area (Å²) in [4.78, 5) is 5.48. The van der Waals surface area contributed by atoms with Crippen molar-refractivity contribution < 1.29 is 0 Å². The number of hydrogen-bond donors (Lipinski definition) is 0. The first-order chi connectivity index (χ1) is 13.2. The van der Waals surface area contributed by atoms with Crippen molar-refractivity contribution in [3.63, 3.8) is 0 Å².